The molecule has 0 spiro atoms. The van der Waals surface area contributed by atoms with Gasteiger partial charge in [-0.3, -0.25) is 9.78 Å². The first-order valence-corrected chi connectivity index (χ1v) is 6.87. The van der Waals surface area contributed by atoms with Crippen LogP contribution in [0, 0.1) is 5.92 Å². The summed E-state index contributed by atoms with van der Waals surface area (Å²) in [5.41, 5.74) is 0.405. The van der Waals surface area contributed by atoms with Gasteiger partial charge < -0.3 is 15.4 Å². The van der Waals surface area contributed by atoms with Crippen molar-refractivity contribution in [1.29, 1.82) is 0 Å². The van der Waals surface area contributed by atoms with E-state index in [4.69, 9.17) is 4.74 Å². The van der Waals surface area contributed by atoms with Crippen LogP contribution in [0.2, 0.25) is 0 Å². The van der Waals surface area contributed by atoms with Crippen LogP contribution >= 0.6 is 0 Å². The molecule has 1 fully saturated rings. The van der Waals surface area contributed by atoms with E-state index in [2.05, 4.69) is 15.6 Å². The van der Waals surface area contributed by atoms with E-state index in [9.17, 15) is 4.79 Å². The van der Waals surface area contributed by atoms with Crippen LogP contribution in [0.5, 0.6) is 5.75 Å². The van der Waals surface area contributed by atoms with Crippen LogP contribution in [-0.4, -0.2) is 37.1 Å². The average molecular weight is 263 g/mol. The van der Waals surface area contributed by atoms with Gasteiger partial charge in [0.25, 0.3) is 5.91 Å². The van der Waals surface area contributed by atoms with Crippen LogP contribution in [0.25, 0.3) is 0 Å². The van der Waals surface area contributed by atoms with E-state index >= 15 is 0 Å². The summed E-state index contributed by atoms with van der Waals surface area (Å²) < 4.78 is 5.69. The predicted octanol–water partition coefficient (Wildman–Crippen LogP) is 1.21. The second kappa shape index (κ2) is 7.09. The fourth-order valence-corrected chi connectivity index (χ4v) is 2.18. The lowest BCUT2D eigenvalue weighted by atomic mass is 10.1. The van der Waals surface area contributed by atoms with Crippen LogP contribution in [-0.2, 0) is 0 Å². The van der Waals surface area contributed by atoms with Crippen LogP contribution in [0.15, 0.2) is 18.3 Å². The molecule has 1 amide bonds. The SMILES string of the molecule is CCNC(=O)c1cc(OCCC2CCNC2)ccn1. The Balaban J connectivity index is 1.82. The lowest BCUT2D eigenvalue weighted by Crippen LogP contribution is -2.23. The first-order valence-electron chi connectivity index (χ1n) is 6.87. The molecule has 1 atom stereocenters. The van der Waals surface area contributed by atoms with Crippen molar-refractivity contribution in [3.8, 4) is 5.75 Å². The summed E-state index contributed by atoms with van der Waals surface area (Å²) in [5, 5.41) is 6.07. The minimum atomic E-state index is -0.159. The molecule has 1 aliphatic rings. The van der Waals surface area contributed by atoms with Gasteiger partial charge in [0.1, 0.15) is 11.4 Å². The molecule has 5 heteroatoms. The molecule has 2 heterocycles. The minimum absolute atomic E-state index is 0.159. The lowest BCUT2D eigenvalue weighted by Gasteiger charge is -2.10. The summed E-state index contributed by atoms with van der Waals surface area (Å²) in [4.78, 5) is 15.7. The van der Waals surface area contributed by atoms with E-state index in [1.54, 1.807) is 18.3 Å². The van der Waals surface area contributed by atoms with E-state index in [1.807, 2.05) is 6.92 Å². The van der Waals surface area contributed by atoms with Gasteiger partial charge in [0.15, 0.2) is 0 Å². The van der Waals surface area contributed by atoms with Crippen molar-refractivity contribution in [2.24, 2.45) is 5.92 Å². The maximum absolute atomic E-state index is 11.6. The number of pyridine rings is 1. The molecule has 0 bridgehead atoms. The molecular formula is C14H21N3O2. The number of aromatic nitrogens is 1. The van der Waals surface area contributed by atoms with Crippen molar-refractivity contribution in [1.82, 2.24) is 15.6 Å². The Bertz CT molecular complexity index is 417. The molecule has 1 aromatic heterocycles. The highest BCUT2D eigenvalue weighted by Gasteiger charge is 2.14. The largest absolute Gasteiger partial charge is 0.493 e. The highest BCUT2D eigenvalue weighted by atomic mass is 16.5. The number of rotatable bonds is 6. The Morgan fingerprint density at radius 1 is 1.63 bits per heavy atom. The monoisotopic (exact) mass is 263 g/mol. The molecular weight excluding hydrogens is 242 g/mol. The van der Waals surface area contributed by atoms with Gasteiger partial charge in [-0.2, -0.15) is 0 Å². The molecule has 1 aliphatic heterocycles. The Morgan fingerprint density at radius 2 is 2.53 bits per heavy atom. The van der Waals surface area contributed by atoms with Crippen LogP contribution in [0.4, 0.5) is 0 Å². The molecule has 0 saturated carbocycles. The van der Waals surface area contributed by atoms with Crippen LogP contribution in [0.3, 0.4) is 0 Å². The molecule has 2 N–H and O–H groups in total. The zero-order chi connectivity index (χ0) is 13.5. The van der Waals surface area contributed by atoms with Gasteiger partial charge in [-0.1, -0.05) is 0 Å². The normalized spacial score (nSPS) is 18.3. The summed E-state index contributed by atoms with van der Waals surface area (Å²) >= 11 is 0. The molecule has 0 aliphatic carbocycles. The summed E-state index contributed by atoms with van der Waals surface area (Å²) in [6.45, 7) is 5.37. The van der Waals surface area contributed by atoms with Gasteiger partial charge in [0, 0.05) is 18.8 Å². The minimum Gasteiger partial charge on any atom is -0.493 e. The van der Waals surface area contributed by atoms with Gasteiger partial charge in [-0.15, -0.1) is 0 Å². The van der Waals surface area contributed by atoms with Gasteiger partial charge in [-0.25, -0.2) is 0 Å². The van der Waals surface area contributed by atoms with Crippen molar-refractivity contribution in [3.63, 3.8) is 0 Å². The standard InChI is InChI=1S/C14H21N3O2/c1-2-16-14(18)13-9-12(4-7-17-13)19-8-5-11-3-6-15-10-11/h4,7,9,11,15H,2-3,5-6,8,10H2,1H3,(H,16,18). The van der Waals surface area contributed by atoms with Crippen LogP contribution in [0.1, 0.15) is 30.3 Å². The quantitative estimate of drug-likeness (QED) is 0.810. The number of hydrogen-bond donors (Lipinski definition) is 2. The summed E-state index contributed by atoms with van der Waals surface area (Å²) in [5.74, 6) is 1.26. The number of nitrogens with one attached hydrogen (secondary N) is 2. The zero-order valence-corrected chi connectivity index (χ0v) is 11.3. The average Bonchev–Trinajstić information content (AvgIpc) is 2.93. The van der Waals surface area contributed by atoms with Gasteiger partial charge in [0.05, 0.1) is 6.61 Å². The molecule has 0 radical (unpaired) electrons. The maximum atomic E-state index is 11.6. The Labute approximate surface area is 113 Å². The van der Waals surface area contributed by atoms with E-state index in [0.29, 0.717) is 30.5 Å². The van der Waals surface area contributed by atoms with Crippen molar-refractivity contribution in [2.45, 2.75) is 19.8 Å². The number of carbonyl (C=O) groups is 1. The van der Waals surface area contributed by atoms with Crippen molar-refractivity contribution < 1.29 is 9.53 Å². The second-order valence-corrected chi connectivity index (χ2v) is 4.73. The molecule has 0 aromatic carbocycles. The van der Waals surface area contributed by atoms with Crippen molar-refractivity contribution in [3.05, 3.63) is 24.0 Å². The smallest absolute Gasteiger partial charge is 0.270 e. The second-order valence-electron chi connectivity index (χ2n) is 4.73. The predicted molar refractivity (Wildman–Crippen MR) is 73.3 cm³/mol. The number of nitrogens with zero attached hydrogens (tertiary/aromatic N) is 1. The van der Waals surface area contributed by atoms with E-state index in [1.165, 1.54) is 6.42 Å². The van der Waals surface area contributed by atoms with Crippen LogP contribution < -0.4 is 15.4 Å². The number of ether oxygens (including phenoxy) is 1. The summed E-state index contributed by atoms with van der Waals surface area (Å²) in [7, 11) is 0. The molecule has 2 rings (SSSR count). The van der Waals surface area contributed by atoms with E-state index < -0.39 is 0 Å². The summed E-state index contributed by atoms with van der Waals surface area (Å²) in [6.07, 6.45) is 3.88. The summed E-state index contributed by atoms with van der Waals surface area (Å²) in [6, 6.07) is 3.48. The van der Waals surface area contributed by atoms with Gasteiger partial charge in [-0.05, 0) is 44.8 Å². The van der Waals surface area contributed by atoms with E-state index in [0.717, 1.165) is 19.5 Å². The number of carbonyl (C=O) groups excluding carboxylic acids is 1. The molecule has 1 aromatic rings. The molecule has 1 saturated heterocycles. The third-order valence-corrected chi connectivity index (χ3v) is 3.26. The molecule has 104 valence electrons. The molecule has 19 heavy (non-hydrogen) atoms. The first kappa shape index (κ1) is 13.8. The topological polar surface area (TPSA) is 63.2 Å². The highest BCUT2D eigenvalue weighted by molar-refractivity contribution is 5.92. The third-order valence-electron chi connectivity index (χ3n) is 3.26. The van der Waals surface area contributed by atoms with Gasteiger partial charge >= 0.3 is 0 Å². The van der Waals surface area contributed by atoms with Gasteiger partial charge in [0.2, 0.25) is 0 Å². The highest BCUT2D eigenvalue weighted by Crippen LogP contribution is 2.15. The maximum Gasteiger partial charge on any atom is 0.270 e. The Hall–Kier alpha value is -1.62. The Kier molecular flexibility index (Phi) is 5.15. The molecule has 1 unspecified atom stereocenters. The van der Waals surface area contributed by atoms with E-state index in [-0.39, 0.29) is 5.91 Å². The fourth-order valence-electron chi connectivity index (χ4n) is 2.18. The first-order chi connectivity index (χ1) is 9.29. The molecule has 5 nitrogen and oxygen atoms in total. The number of amides is 1. The lowest BCUT2D eigenvalue weighted by molar-refractivity contribution is 0.0950. The zero-order valence-electron chi connectivity index (χ0n) is 11.3. The Morgan fingerprint density at radius 3 is 3.26 bits per heavy atom. The van der Waals surface area contributed by atoms with Crippen molar-refractivity contribution >= 4 is 5.91 Å². The number of hydrogen-bond acceptors (Lipinski definition) is 4. The third kappa shape index (κ3) is 4.21. The fraction of sp³-hybridized carbons (Fsp3) is 0.571. The van der Waals surface area contributed by atoms with Crippen molar-refractivity contribution in [2.75, 3.05) is 26.2 Å².